The molecule has 1 spiro atoms. The second-order valence-corrected chi connectivity index (χ2v) is 7.85. The number of carbonyl (C=O) groups excluding carboxylic acids is 1. The fraction of sp³-hybridized carbons (Fsp3) is 0.588. The molecule has 2 aliphatic heterocycles. The smallest absolute Gasteiger partial charge is 0.246 e. The van der Waals surface area contributed by atoms with Gasteiger partial charge in [-0.15, -0.1) is 0 Å². The number of anilines is 1. The van der Waals surface area contributed by atoms with Gasteiger partial charge in [0.25, 0.3) is 0 Å². The molecule has 24 heavy (non-hydrogen) atoms. The number of nitrogens with zero attached hydrogens (tertiary/aromatic N) is 4. The molecule has 2 fully saturated rings. The molecule has 128 valence electrons. The number of aromatic nitrogens is 3. The normalized spacial score (nSPS) is 20.8. The number of amides is 1. The van der Waals surface area contributed by atoms with Crippen molar-refractivity contribution in [3.05, 3.63) is 24.2 Å². The van der Waals surface area contributed by atoms with E-state index in [1.165, 1.54) is 0 Å². The second kappa shape index (κ2) is 5.17. The molecule has 0 atom stereocenters. The first-order valence-corrected chi connectivity index (χ1v) is 8.35. The zero-order chi connectivity index (χ0) is 16.9. The molecule has 0 unspecified atom stereocenters. The zero-order valence-electron chi connectivity index (χ0n) is 14.4. The van der Waals surface area contributed by atoms with Crippen LogP contribution in [0.2, 0.25) is 0 Å². The Morgan fingerprint density at radius 1 is 1.33 bits per heavy atom. The van der Waals surface area contributed by atoms with E-state index in [2.05, 4.69) is 47.1 Å². The van der Waals surface area contributed by atoms with Gasteiger partial charge in [-0.05, 0) is 12.5 Å². The molecule has 0 bridgehead atoms. The lowest BCUT2D eigenvalue weighted by Crippen LogP contribution is -2.70. The predicted molar refractivity (Wildman–Crippen MR) is 90.2 cm³/mol. The lowest BCUT2D eigenvalue weighted by atomic mass is 9.86. The maximum atomic E-state index is 11.8. The standard InChI is InChI=1S/C17H23N5O2/c1-16(2,3)13-8-12-15(18-5-6-22(12)20-13)21-10-17(11-21)4-7-24-9-14(23)19-17/h5-6,8H,4,7,9-11H2,1-3H3,(H,19,23). The molecule has 2 aromatic heterocycles. The van der Waals surface area contributed by atoms with Gasteiger partial charge in [0.05, 0.1) is 11.2 Å². The summed E-state index contributed by atoms with van der Waals surface area (Å²) in [5, 5.41) is 7.79. The number of nitrogens with one attached hydrogen (secondary N) is 1. The molecule has 0 radical (unpaired) electrons. The van der Waals surface area contributed by atoms with Gasteiger partial charge in [-0.2, -0.15) is 5.10 Å². The Labute approximate surface area is 141 Å². The molecule has 0 saturated carbocycles. The van der Waals surface area contributed by atoms with E-state index in [0.29, 0.717) is 6.61 Å². The zero-order valence-corrected chi connectivity index (χ0v) is 14.4. The summed E-state index contributed by atoms with van der Waals surface area (Å²) in [4.78, 5) is 18.5. The Balaban J connectivity index is 1.62. The van der Waals surface area contributed by atoms with Crippen LogP contribution in [0.4, 0.5) is 5.82 Å². The van der Waals surface area contributed by atoms with Crippen molar-refractivity contribution in [2.45, 2.75) is 38.1 Å². The van der Waals surface area contributed by atoms with E-state index in [1.54, 1.807) is 6.20 Å². The van der Waals surface area contributed by atoms with Crippen molar-refractivity contribution in [3.8, 4) is 0 Å². The van der Waals surface area contributed by atoms with Crippen LogP contribution in [0.15, 0.2) is 18.5 Å². The number of fused-ring (bicyclic) bond motifs is 1. The summed E-state index contributed by atoms with van der Waals surface area (Å²) in [6.07, 6.45) is 4.50. The first-order valence-electron chi connectivity index (χ1n) is 8.35. The maximum Gasteiger partial charge on any atom is 0.246 e. The SMILES string of the molecule is CC(C)(C)c1cc2c(N3CC4(CCOCC(=O)N4)C3)nccn2n1. The van der Waals surface area contributed by atoms with Gasteiger partial charge in [0.15, 0.2) is 5.82 Å². The van der Waals surface area contributed by atoms with Crippen LogP contribution in [-0.2, 0) is 14.9 Å². The topological polar surface area (TPSA) is 71.8 Å². The van der Waals surface area contributed by atoms with Crippen molar-refractivity contribution >= 4 is 17.2 Å². The van der Waals surface area contributed by atoms with Gasteiger partial charge in [-0.25, -0.2) is 9.50 Å². The van der Waals surface area contributed by atoms with Gasteiger partial charge in [0.1, 0.15) is 12.1 Å². The van der Waals surface area contributed by atoms with Crippen LogP contribution in [0.3, 0.4) is 0 Å². The molecule has 4 rings (SSSR count). The fourth-order valence-corrected chi connectivity index (χ4v) is 3.42. The Hall–Kier alpha value is -2.15. The van der Waals surface area contributed by atoms with E-state index < -0.39 is 0 Å². The molecule has 2 aromatic rings. The Kier molecular flexibility index (Phi) is 3.32. The Bertz CT molecular complexity index is 786. The Morgan fingerprint density at radius 3 is 2.88 bits per heavy atom. The lowest BCUT2D eigenvalue weighted by molar-refractivity contribution is -0.125. The van der Waals surface area contributed by atoms with Crippen molar-refractivity contribution in [3.63, 3.8) is 0 Å². The fourth-order valence-electron chi connectivity index (χ4n) is 3.42. The molecule has 1 amide bonds. The summed E-state index contributed by atoms with van der Waals surface area (Å²) in [5.41, 5.74) is 1.86. The average Bonchev–Trinajstić information content (AvgIpc) is 2.83. The molecule has 2 saturated heterocycles. The van der Waals surface area contributed by atoms with Crippen molar-refractivity contribution in [2.24, 2.45) is 0 Å². The minimum absolute atomic E-state index is 0.00788. The highest BCUT2D eigenvalue weighted by molar-refractivity contribution is 5.79. The Morgan fingerprint density at radius 2 is 2.12 bits per heavy atom. The monoisotopic (exact) mass is 329 g/mol. The third-order valence-electron chi connectivity index (χ3n) is 4.79. The van der Waals surface area contributed by atoms with Crippen molar-refractivity contribution in [1.82, 2.24) is 19.9 Å². The summed E-state index contributed by atoms with van der Waals surface area (Å²) < 4.78 is 7.22. The van der Waals surface area contributed by atoms with Crippen LogP contribution in [0.1, 0.15) is 32.9 Å². The van der Waals surface area contributed by atoms with Gasteiger partial charge in [-0.3, -0.25) is 4.79 Å². The van der Waals surface area contributed by atoms with Crippen LogP contribution < -0.4 is 10.2 Å². The van der Waals surface area contributed by atoms with Crippen LogP contribution in [0.5, 0.6) is 0 Å². The van der Waals surface area contributed by atoms with Gasteiger partial charge < -0.3 is 15.0 Å². The maximum absolute atomic E-state index is 11.8. The molecule has 1 N–H and O–H groups in total. The lowest BCUT2D eigenvalue weighted by Gasteiger charge is -2.50. The van der Waals surface area contributed by atoms with Crippen LogP contribution in [-0.4, -0.2) is 52.3 Å². The highest BCUT2D eigenvalue weighted by Crippen LogP contribution is 2.33. The third kappa shape index (κ3) is 2.53. The van der Waals surface area contributed by atoms with E-state index in [-0.39, 0.29) is 23.5 Å². The minimum atomic E-state index is -0.186. The van der Waals surface area contributed by atoms with E-state index in [1.807, 2.05) is 10.7 Å². The first kappa shape index (κ1) is 15.4. The molecular weight excluding hydrogens is 306 g/mol. The molecule has 0 aromatic carbocycles. The van der Waals surface area contributed by atoms with Gasteiger partial charge in [0.2, 0.25) is 5.91 Å². The van der Waals surface area contributed by atoms with E-state index in [9.17, 15) is 4.79 Å². The number of hydrogen-bond acceptors (Lipinski definition) is 5. The highest BCUT2D eigenvalue weighted by Gasteiger charge is 2.46. The molecule has 7 nitrogen and oxygen atoms in total. The molecule has 0 aliphatic carbocycles. The third-order valence-corrected chi connectivity index (χ3v) is 4.79. The molecular formula is C17H23N5O2. The summed E-state index contributed by atoms with van der Waals surface area (Å²) in [6, 6.07) is 2.11. The number of ether oxygens (including phenoxy) is 1. The summed E-state index contributed by atoms with van der Waals surface area (Å²) in [7, 11) is 0. The highest BCUT2D eigenvalue weighted by atomic mass is 16.5. The van der Waals surface area contributed by atoms with Gasteiger partial charge in [0, 0.05) is 37.5 Å². The second-order valence-electron chi connectivity index (χ2n) is 7.85. The van der Waals surface area contributed by atoms with Crippen molar-refractivity contribution < 1.29 is 9.53 Å². The molecule has 4 heterocycles. The average molecular weight is 329 g/mol. The van der Waals surface area contributed by atoms with Crippen LogP contribution in [0, 0.1) is 0 Å². The van der Waals surface area contributed by atoms with Gasteiger partial charge >= 0.3 is 0 Å². The molecule has 7 heteroatoms. The number of carbonyl (C=O) groups is 1. The van der Waals surface area contributed by atoms with Crippen LogP contribution in [0.25, 0.3) is 5.52 Å². The summed E-state index contributed by atoms with van der Waals surface area (Å²) >= 11 is 0. The summed E-state index contributed by atoms with van der Waals surface area (Å²) in [6.45, 7) is 8.75. The van der Waals surface area contributed by atoms with Crippen LogP contribution >= 0.6 is 0 Å². The quantitative estimate of drug-likeness (QED) is 0.849. The van der Waals surface area contributed by atoms with E-state index >= 15 is 0 Å². The van der Waals surface area contributed by atoms with E-state index in [0.717, 1.165) is 36.5 Å². The molecule has 2 aliphatic rings. The minimum Gasteiger partial charge on any atom is -0.372 e. The summed E-state index contributed by atoms with van der Waals surface area (Å²) in [5.74, 6) is 0.892. The number of hydrogen-bond donors (Lipinski definition) is 1. The predicted octanol–water partition coefficient (Wildman–Crippen LogP) is 1.12. The van der Waals surface area contributed by atoms with E-state index in [4.69, 9.17) is 4.74 Å². The van der Waals surface area contributed by atoms with Crippen molar-refractivity contribution in [1.29, 1.82) is 0 Å². The largest absolute Gasteiger partial charge is 0.372 e. The number of rotatable bonds is 1. The van der Waals surface area contributed by atoms with Crippen molar-refractivity contribution in [2.75, 3.05) is 31.2 Å². The first-order chi connectivity index (χ1) is 11.4. The van der Waals surface area contributed by atoms with Gasteiger partial charge in [-0.1, -0.05) is 20.8 Å².